The number of carbonyl (C=O) groups excluding carboxylic acids is 2. The molecule has 3 heterocycles. The first-order valence-corrected chi connectivity index (χ1v) is 15.5. The Bertz CT molecular complexity index is 1240. The zero-order valence-corrected chi connectivity index (χ0v) is 25.9. The van der Waals surface area contributed by atoms with Gasteiger partial charge in [-0.1, -0.05) is 43.1 Å². The first kappa shape index (κ1) is 32.2. The second-order valence-electron chi connectivity index (χ2n) is 10.9. The number of aliphatic hydroxyl groups excluding tert-OH is 1. The quantitative estimate of drug-likeness (QED) is 0.298. The summed E-state index contributed by atoms with van der Waals surface area (Å²) in [7, 11) is 0. The third-order valence-electron chi connectivity index (χ3n) is 8.05. The number of nitrogen functional groups attached to an aromatic ring is 1. The molecule has 0 bridgehead atoms. The molecule has 4 rings (SSSR count). The molecule has 2 saturated heterocycles. The minimum atomic E-state index is -0.517. The summed E-state index contributed by atoms with van der Waals surface area (Å²) in [6.45, 7) is 9.72. The van der Waals surface area contributed by atoms with Crippen molar-refractivity contribution in [1.29, 1.82) is 0 Å². The molecule has 0 unspecified atom stereocenters. The van der Waals surface area contributed by atoms with Crippen molar-refractivity contribution in [2.75, 3.05) is 63.1 Å². The summed E-state index contributed by atoms with van der Waals surface area (Å²) in [5, 5.41) is 15.2. The van der Waals surface area contributed by atoms with Gasteiger partial charge in [0.1, 0.15) is 0 Å². The Labute approximate surface area is 257 Å². The molecule has 2 aliphatic heterocycles. The number of nitrogens with zero attached hydrogens (tertiary/aromatic N) is 5. The smallest absolute Gasteiger partial charge is 0.273 e. The Morgan fingerprint density at radius 2 is 1.79 bits per heavy atom. The number of amides is 2. The van der Waals surface area contributed by atoms with E-state index in [1.807, 2.05) is 19.1 Å². The molecule has 42 heavy (non-hydrogen) atoms. The average Bonchev–Trinajstić information content (AvgIpc) is 3.00. The average molecular weight is 622 g/mol. The van der Waals surface area contributed by atoms with Crippen molar-refractivity contribution in [2.24, 2.45) is 0 Å². The second-order valence-corrected chi connectivity index (χ2v) is 11.7. The van der Waals surface area contributed by atoms with Crippen LogP contribution in [0.3, 0.4) is 0 Å². The summed E-state index contributed by atoms with van der Waals surface area (Å²) in [6.07, 6.45) is 3.95. The molecule has 13 heteroatoms. The number of aliphatic hydroxyl groups is 1. The summed E-state index contributed by atoms with van der Waals surface area (Å²) in [5.41, 5.74) is 7.69. The summed E-state index contributed by atoms with van der Waals surface area (Å²) in [6, 6.07) is 6.37. The van der Waals surface area contributed by atoms with Crippen molar-refractivity contribution in [3.8, 4) is 0 Å². The summed E-state index contributed by atoms with van der Waals surface area (Å²) >= 11 is 12.7. The molecule has 0 spiro atoms. The lowest BCUT2D eigenvalue weighted by Gasteiger charge is -2.47. The number of rotatable bonds is 11. The van der Waals surface area contributed by atoms with Crippen LogP contribution in [-0.2, 0) is 6.54 Å². The third kappa shape index (κ3) is 7.82. The van der Waals surface area contributed by atoms with E-state index in [0.717, 1.165) is 70.5 Å². The van der Waals surface area contributed by atoms with Crippen LogP contribution in [0.25, 0.3) is 0 Å². The Balaban J connectivity index is 1.36. The highest BCUT2D eigenvalue weighted by atomic mass is 35.5. The number of aromatic nitrogens is 2. The number of nitrogens with one attached hydrogen (secondary N) is 2. The van der Waals surface area contributed by atoms with Crippen LogP contribution in [-0.4, -0.2) is 101 Å². The van der Waals surface area contributed by atoms with Crippen molar-refractivity contribution in [3.05, 3.63) is 45.2 Å². The van der Waals surface area contributed by atoms with Crippen molar-refractivity contribution in [2.45, 2.75) is 58.2 Å². The van der Waals surface area contributed by atoms with Crippen molar-refractivity contribution >= 4 is 46.7 Å². The molecule has 2 aliphatic rings. The number of piperazine rings is 1. The van der Waals surface area contributed by atoms with Gasteiger partial charge in [-0.3, -0.25) is 19.4 Å². The molecule has 0 radical (unpaired) electrons. The van der Waals surface area contributed by atoms with Gasteiger partial charge in [-0.25, -0.2) is 9.97 Å². The van der Waals surface area contributed by atoms with Gasteiger partial charge in [0.15, 0.2) is 22.5 Å². The van der Waals surface area contributed by atoms with E-state index >= 15 is 0 Å². The van der Waals surface area contributed by atoms with E-state index in [9.17, 15) is 9.59 Å². The Morgan fingerprint density at radius 1 is 1.05 bits per heavy atom. The van der Waals surface area contributed by atoms with Crippen molar-refractivity contribution in [1.82, 2.24) is 30.4 Å². The van der Waals surface area contributed by atoms with Crippen LogP contribution < -0.4 is 21.3 Å². The normalized spacial score (nSPS) is 18.7. The standard InChI is InChI=1S/C29H42Cl2N8O3/c1-3-9-33-28(41)23-16-20(30)6-5-19(23)17-37-11-7-22(8-12-37)39-14-13-38(18-21(39)4-2)27-25(31)35-24(26(32)36-27)29(42)34-10-15-40/h5-6,16,21-22,40H,3-4,7-15,17-18H2,1-2H3,(H2,32,36)(H,33,41)(H,34,42)/t21-/m0/s1. The van der Waals surface area contributed by atoms with E-state index in [1.165, 1.54) is 0 Å². The summed E-state index contributed by atoms with van der Waals surface area (Å²) in [5.74, 6) is -0.0851. The fourth-order valence-corrected chi connectivity index (χ4v) is 6.25. The van der Waals surface area contributed by atoms with E-state index in [2.05, 4.69) is 42.2 Å². The maximum atomic E-state index is 12.8. The topological polar surface area (TPSA) is 140 Å². The summed E-state index contributed by atoms with van der Waals surface area (Å²) < 4.78 is 0. The molecule has 5 N–H and O–H groups in total. The van der Waals surface area contributed by atoms with Crippen LogP contribution in [0.1, 0.15) is 65.9 Å². The largest absolute Gasteiger partial charge is 0.395 e. The number of hydrogen-bond acceptors (Lipinski definition) is 9. The Morgan fingerprint density at radius 3 is 2.48 bits per heavy atom. The van der Waals surface area contributed by atoms with Gasteiger partial charge in [-0.05, 0) is 56.5 Å². The lowest BCUT2D eigenvalue weighted by molar-refractivity contribution is 0.0609. The maximum absolute atomic E-state index is 12.8. The third-order valence-corrected chi connectivity index (χ3v) is 8.54. The number of nitrogens with two attached hydrogens (primary N) is 1. The zero-order chi connectivity index (χ0) is 30.2. The number of hydrogen-bond donors (Lipinski definition) is 4. The number of carbonyl (C=O) groups is 2. The number of benzene rings is 1. The predicted octanol–water partition coefficient (Wildman–Crippen LogP) is 2.79. The molecule has 2 fully saturated rings. The van der Waals surface area contributed by atoms with Crippen LogP contribution in [0.15, 0.2) is 18.2 Å². The van der Waals surface area contributed by atoms with Crippen LogP contribution in [0.4, 0.5) is 11.6 Å². The van der Waals surface area contributed by atoms with Gasteiger partial charge in [0.25, 0.3) is 11.8 Å². The van der Waals surface area contributed by atoms with Gasteiger partial charge in [-0.2, -0.15) is 0 Å². The Kier molecular flexibility index (Phi) is 11.6. The number of piperidine rings is 1. The first-order valence-electron chi connectivity index (χ1n) is 14.8. The molecule has 1 aromatic carbocycles. The molecule has 1 atom stereocenters. The highest BCUT2D eigenvalue weighted by Gasteiger charge is 2.34. The molecule has 0 aliphatic carbocycles. The lowest BCUT2D eigenvalue weighted by Crippen LogP contribution is -2.58. The first-order chi connectivity index (χ1) is 20.2. The molecule has 2 amide bonds. The van der Waals surface area contributed by atoms with Crippen LogP contribution in [0.2, 0.25) is 10.2 Å². The highest BCUT2D eigenvalue weighted by molar-refractivity contribution is 6.32. The van der Waals surface area contributed by atoms with Gasteiger partial charge >= 0.3 is 0 Å². The monoisotopic (exact) mass is 620 g/mol. The number of halogens is 2. The van der Waals surface area contributed by atoms with Crippen molar-refractivity contribution < 1.29 is 14.7 Å². The van der Waals surface area contributed by atoms with E-state index in [4.69, 9.17) is 34.0 Å². The van der Waals surface area contributed by atoms with Gasteiger partial charge in [0.05, 0.1) is 6.61 Å². The lowest BCUT2D eigenvalue weighted by atomic mass is 9.97. The zero-order valence-electron chi connectivity index (χ0n) is 24.4. The maximum Gasteiger partial charge on any atom is 0.273 e. The Hall–Kier alpha value is -2.70. The molecule has 0 saturated carbocycles. The van der Waals surface area contributed by atoms with Crippen LogP contribution >= 0.6 is 23.2 Å². The van der Waals surface area contributed by atoms with Crippen molar-refractivity contribution in [3.63, 3.8) is 0 Å². The molecule has 11 nitrogen and oxygen atoms in total. The number of anilines is 2. The minimum absolute atomic E-state index is 0.0133. The SMILES string of the molecule is CCCNC(=O)c1cc(Cl)ccc1CN1CCC(N2CCN(c3nc(N)c(C(=O)NCCO)nc3Cl)C[C@@H]2CC)CC1. The van der Waals surface area contributed by atoms with Gasteiger partial charge < -0.3 is 26.4 Å². The predicted molar refractivity (Wildman–Crippen MR) is 166 cm³/mol. The molecular formula is C29H42Cl2N8O3. The minimum Gasteiger partial charge on any atom is -0.395 e. The van der Waals surface area contributed by atoms with Gasteiger partial charge in [0, 0.05) is 61.9 Å². The fraction of sp³-hybridized carbons (Fsp3) is 0.586. The summed E-state index contributed by atoms with van der Waals surface area (Å²) in [4.78, 5) is 40.9. The second kappa shape index (κ2) is 15.2. The highest BCUT2D eigenvalue weighted by Crippen LogP contribution is 2.30. The molecule has 1 aromatic heterocycles. The van der Waals surface area contributed by atoms with Crippen LogP contribution in [0.5, 0.6) is 0 Å². The molecule has 2 aromatic rings. The van der Waals surface area contributed by atoms with E-state index in [-0.39, 0.29) is 35.7 Å². The van der Waals surface area contributed by atoms with E-state index < -0.39 is 5.91 Å². The van der Waals surface area contributed by atoms with E-state index in [0.29, 0.717) is 35.0 Å². The van der Waals surface area contributed by atoms with E-state index in [1.54, 1.807) is 6.07 Å². The number of likely N-dealkylation sites (tertiary alicyclic amines) is 1. The molecule has 230 valence electrons. The van der Waals surface area contributed by atoms with Crippen LogP contribution in [0, 0.1) is 0 Å². The van der Waals surface area contributed by atoms with Gasteiger partial charge in [-0.15, -0.1) is 0 Å². The van der Waals surface area contributed by atoms with Gasteiger partial charge in [0.2, 0.25) is 0 Å². The fourth-order valence-electron chi connectivity index (χ4n) is 5.83. The molecular weight excluding hydrogens is 579 g/mol.